The molecule has 1 aromatic carbocycles. The van der Waals surface area contributed by atoms with Gasteiger partial charge in [-0.15, -0.1) is 13.2 Å². The SMILES string of the molecule is COc1cccc2[nH]c(C(O)/N=C/C(CC(C)C)C(=O)N[C@@H](C[C@@H]3CCNC3=O)C(=O)COC(F)(F)F)cc12. The first-order valence-electron chi connectivity index (χ1n) is 12.6. The third-order valence-corrected chi connectivity index (χ3v) is 6.38. The Balaban J connectivity index is 1.76. The van der Waals surface area contributed by atoms with Crippen LogP contribution in [0.5, 0.6) is 5.75 Å². The average molecular weight is 555 g/mol. The van der Waals surface area contributed by atoms with Crippen LogP contribution >= 0.6 is 0 Å². The summed E-state index contributed by atoms with van der Waals surface area (Å²) >= 11 is 0. The van der Waals surface area contributed by atoms with Crippen molar-refractivity contribution in [3.05, 3.63) is 30.0 Å². The molecular weight excluding hydrogens is 521 g/mol. The van der Waals surface area contributed by atoms with Crippen LogP contribution in [-0.2, 0) is 19.1 Å². The first kappa shape index (κ1) is 30.1. The summed E-state index contributed by atoms with van der Waals surface area (Å²) in [6, 6.07) is 5.66. The van der Waals surface area contributed by atoms with E-state index in [0.29, 0.717) is 29.9 Å². The fraction of sp³-hybridized carbons (Fsp3) is 0.538. The Labute approximate surface area is 223 Å². The van der Waals surface area contributed by atoms with E-state index in [4.69, 9.17) is 4.74 Å². The van der Waals surface area contributed by atoms with Gasteiger partial charge in [-0.1, -0.05) is 19.9 Å². The van der Waals surface area contributed by atoms with E-state index in [1.54, 1.807) is 24.3 Å². The monoisotopic (exact) mass is 554 g/mol. The number of Topliss-reactive ketones (excluding diaryl/α,β-unsaturated/α-hetero) is 1. The quantitative estimate of drug-likeness (QED) is 0.281. The lowest BCUT2D eigenvalue weighted by Crippen LogP contribution is -2.47. The van der Waals surface area contributed by atoms with E-state index in [-0.39, 0.29) is 24.7 Å². The molecule has 214 valence electrons. The van der Waals surface area contributed by atoms with Crippen molar-refractivity contribution in [3.8, 4) is 5.75 Å². The highest BCUT2D eigenvalue weighted by molar-refractivity contribution is 5.97. The summed E-state index contributed by atoms with van der Waals surface area (Å²) in [5.74, 6) is -2.95. The highest BCUT2D eigenvalue weighted by Crippen LogP contribution is 2.29. The number of aromatic nitrogens is 1. The van der Waals surface area contributed by atoms with Crippen molar-refractivity contribution in [1.29, 1.82) is 0 Å². The van der Waals surface area contributed by atoms with Gasteiger partial charge in [0.1, 0.15) is 12.4 Å². The molecule has 2 heterocycles. The summed E-state index contributed by atoms with van der Waals surface area (Å²) in [4.78, 5) is 45.0. The maximum absolute atomic E-state index is 13.2. The second-order valence-corrected chi connectivity index (χ2v) is 9.83. The molecule has 4 atom stereocenters. The topological polar surface area (TPSA) is 142 Å². The zero-order chi connectivity index (χ0) is 28.7. The molecule has 0 aliphatic carbocycles. The smallest absolute Gasteiger partial charge is 0.496 e. The first-order valence-corrected chi connectivity index (χ1v) is 12.6. The lowest BCUT2D eigenvalue weighted by atomic mass is 9.93. The van der Waals surface area contributed by atoms with Gasteiger partial charge in [-0.2, -0.15) is 0 Å². The average Bonchev–Trinajstić information content (AvgIpc) is 3.49. The number of alkyl halides is 3. The van der Waals surface area contributed by atoms with Gasteiger partial charge in [0.05, 0.1) is 24.8 Å². The van der Waals surface area contributed by atoms with E-state index in [2.05, 4.69) is 25.3 Å². The molecule has 13 heteroatoms. The van der Waals surface area contributed by atoms with Gasteiger partial charge in [-0.05, 0) is 43.4 Å². The number of benzene rings is 1. The number of hydrogen-bond acceptors (Lipinski definition) is 7. The summed E-state index contributed by atoms with van der Waals surface area (Å²) in [5, 5.41) is 16.5. The van der Waals surface area contributed by atoms with Gasteiger partial charge >= 0.3 is 6.36 Å². The van der Waals surface area contributed by atoms with Gasteiger partial charge in [-0.25, -0.2) is 0 Å². The van der Waals surface area contributed by atoms with Crippen LogP contribution in [0.2, 0.25) is 0 Å². The minimum Gasteiger partial charge on any atom is -0.496 e. The molecule has 10 nitrogen and oxygen atoms in total. The maximum atomic E-state index is 13.2. The second kappa shape index (κ2) is 13.1. The molecule has 4 N–H and O–H groups in total. The van der Waals surface area contributed by atoms with Crippen LogP contribution in [0.1, 0.15) is 45.0 Å². The van der Waals surface area contributed by atoms with Crippen molar-refractivity contribution < 1.29 is 42.1 Å². The van der Waals surface area contributed by atoms with Gasteiger partial charge < -0.3 is 25.5 Å². The molecule has 1 fully saturated rings. The van der Waals surface area contributed by atoms with Crippen molar-refractivity contribution in [1.82, 2.24) is 15.6 Å². The number of aliphatic imine (C=N–C) groups is 1. The fourth-order valence-electron chi connectivity index (χ4n) is 4.43. The molecule has 1 aliphatic rings. The van der Waals surface area contributed by atoms with Crippen LogP contribution in [-0.4, -0.2) is 66.6 Å². The number of nitrogens with one attached hydrogen (secondary N) is 3. The third kappa shape index (κ3) is 8.52. The van der Waals surface area contributed by atoms with E-state index in [0.717, 1.165) is 5.39 Å². The fourth-order valence-corrected chi connectivity index (χ4v) is 4.43. The number of carbonyl (C=O) groups excluding carboxylic acids is 3. The lowest BCUT2D eigenvalue weighted by Gasteiger charge is -2.23. The summed E-state index contributed by atoms with van der Waals surface area (Å²) < 4.78 is 46.6. The van der Waals surface area contributed by atoms with Crippen LogP contribution < -0.4 is 15.4 Å². The van der Waals surface area contributed by atoms with E-state index >= 15 is 0 Å². The zero-order valence-electron chi connectivity index (χ0n) is 21.9. The summed E-state index contributed by atoms with van der Waals surface area (Å²) in [6.07, 6.45) is -4.60. The van der Waals surface area contributed by atoms with E-state index in [9.17, 15) is 32.7 Å². The molecule has 0 bridgehead atoms. The molecule has 2 aromatic rings. The number of fused-ring (bicyclic) bond motifs is 1. The Bertz CT molecular complexity index is 1200. The van der Waals surface area contributed by atoms with Crippen LogP contribution in [0.3, 0.4) is 0 Å². The van der Waals surface area contributed by atoms with E-state index in [1.807, 2.05) is 13.8 Å². The molecule has 0 radical (unpaired) electrons. The minimum absolute atomic E-state index is 0.00463. The Morgan fingerprint density at radius 3 is 2.67 bits per heavy atom. The van der Waals surface area contributed by atoms with Crippen LogP contribution in [0.15, 0.2) is 29.3 Å². The third-order valence-electron chi connectivity index (χ3n) is 6.38. The van der Waals surface area contributed by atoms with Gasteiger partial charge in [0.2, 0.25) is 11.8 Å². The minimum atomic E-state index is -5.02. The molecule has 0 saturated carbocycles. The molecular formula is C26H33F3N4O6. The van der Waals surface area contributed by atoms with Gasteiger partial charge in [0.15, 0.2) is 12.0 Å². The maximum Gasteiger partial charge on any atom is 0.522 e. The number of aromatic amines is 1. The van der Waals surface area contributed by atoms with Crippen molar-refractivity contribution in [2.24, 2.45) is 22.7 Å². The van der Waals surface area contributed by atoms with Crippen LogP contribution in [0.25, 0.3) is 10.9 Å². The predicted octanol–water partition coefficient (Wildman–Crippen LogP) is 3.02. The number of rotatable bonds is 13. The summed E-state index contributed by atoms with van der Waals surface area (Å²) in [7, 11) is 1.53. The lowest BCUT2D eigenvalue weighted by molar-refractivity contribution is -0.321. The normalized spacial score (nSPS) is 18.4. The largest absolute Gasteiger partial charge is 0.522 e. The number of carbonyl (C=O) groups is 3. The number of H-pyrrole nitrogens is 1. The van der Waals surface area contributed by atoms with Gasteiger partial charge in [-0.3, -0.25) is 24.1 Å². The number of nitrogens with zero attached hydrogens (tertiary/aromatic N) is 1. The van der Waals surface area contributed by atoms with Crippen LogP contribution in [0.4, 0.5) is 13.2 Å². The highest BCUT2D eigenvalue weighted by Gasteiger charge is 2.35. The summed E-state index contributed by atoms with van der Waals surface area (Å²) in [6.45, 7) is 2.79. The molecule has 1 saturated heterocycles. The molecule has 3 rings (SSSR count). The highest BCUT2D eigenvalue weighted by atomic mass is 19.4. The number of aliphatic hydroxyl groups excluding tert-OH is 1. The van der Waals surface area contributed by atoms with Crippen LogP contribution in [0, 0.1) is 17.8 Å². The number of hydrogen-bond donors (Lipinski definition) is 4. The van der Waals surface area contributed by atoms with Crippen molar-refractivity contribution >= 4 is 34.7 Å². The molecule has 2 amide bonds. The molecule has 2 unspecified atom stereocenters. The Morgan fingerprint density at radius 2 is 2.05 bits per heavy atom. The number of aliphatic hydroxyl groups is 1. The zero-order valence-corrected chi connectivity index (χ0v) is 21.9. The second-order valence-electron chi connectivity index (χ2n) is 9.83. The van der Waals surface area contributed by atoms with Gasteiger partial charge in [0, 0.05) is 29.6 Å². The standard InChI is InChI=1S/C26H33F3N4O6/c1-14(2)9-16(12-31-25(37)20-11-17-18(32-20)5-4-6-22(17)38-3)24(36)33-19(10-15-7-8-30-23(15)35)21(34)13-39-26(27,28)29/h4-6,11-12,14-16,19,25,32,37H,7-10,13H2,1-3H3,(H,30,35)(H,33,36)/b31-12+/t15-,16?,19-,25?/m0/s1. The number of amides is 2. The predicted molar refractivity (Wildman–Crippen MR) is 136 cm³/mol. The first-order chi connectivity index (χ1) is 18.4. The van der Waals surface area contributed by atoms with Crippen molar-refractivity contribution in [2.45, 2.75) is 51.7 Å². The van der Waals surface area contributed by atoms with Crippen molar-refractivity contribution in [3.63, 3.8) is 0 Å². The number of methoxy groups -OCH3 is 1. The number of halogens is 3. The number of ketones is 1. The number of ether oxygens (including phenoxy) is 2. The Kier molecular flexibility index (Phi) is 10.1. The van der Waals surface area contributed by atoms with Gasteiger partial charge in [0.25, 0.3) is 0 Å². The van der Waals surface area contributed by atoms with E-state index < -0.39 is 48.8 Å². The Morgan fingerprint density at radius 1 is 1.31 bits per heavy atom. The Hall–Kier alpha value is -3.45. The molecule has 39 heavy (non-hydrogen) atoms. The van der Waals surface area contributed by atoms with E-state index in [1.165, 1.54) is 13.3 Å². The van der Waals surface area contributed by atoms with Crippen molar-refractivity contribution in [2.75, 3.05) is 20.3 Å². The molecule has 1 aliphatic heterocycles. The summed E-state index contributed by atoms with van der Waals surface area (Å²) in [5.41, 5.74) is 1.08. The molecule has 1 aromatic heterocycles. The molecule has 0 spiro atoms.